The molecule has 0 bridgehead atoms. The van der Waals surface area contributed by atoms with Crippen molar-refractivity contribution in [2.75, 3.05) is 7.11 Å². The summed E-state index contributed by atoms with van der Waals surface area (Å²) in [5.41, 5.74) is 4.61. The maximum atomic E-state index is 5.72. The van der Waals surface area contributed by atoms with E-state index >= 15 is 0 Å². The van der Waals surface area contributed by atoms with Crippen molar-refractivity contribution in [2.24, 2.45) is 0 Å². The van der Waals surface area contributed by atoms with E-state index in [0.29, 0.717) is 10.8 Å². The maximum Gasteiger partial charge on any atom is 0.225 e. The summed E-state index contributed by atoms with van der Waals surface area (Å²) in [6.45, 7) is 5.82. The Hall–Kier alpha value is -2.51. The lowest BCUT2D eigenvalue weighted by Crippen LogP contribution is -3.11. The molecule has 1 heterocycles. The quantitative estimate of drug-likeness (QED) is 0.624. The van der Waals surface area contributed by atoms with Crippen LogP contribution in [0.1, 0.15) is 29.5 Å². The average Bonchev–Trinajstić information content (AvgIpc) is 3.48. The van der Waals surface area contributed by atoms with Gasteiger partial charge in [-0.25, -0.2) is 0 Å². The summed E-state index contributed by atoms with van der Waals surface area (Å²) in [7, 11) is 1.69. The van der Waals surface area contributed by atoms with Gasteiger partial charge in [0.2, 0.25) is 4.77 Å². The van der Waals surface area contributed by atoms with E-state index in [2.05, 4.69) is 54.6 Å². The molecule has 28 heavy (non-hydrogen) atoms. The molecule has 2 aromatic carbocycles. The summed E-state index contributed by atoms with van der Waals surface area (Å²) >= 11 is 5.72. The van der Waals surface area contributed by atoms with Gasteiger partial charge in [-0.1, -0.05) is 18.2 Å². The van der Waals surface area contributed by atoms with Crippen LogP contribution in [0.5, 0.6) is 5.75 Å². The van der Waals surface area contributed by atoms with E-state index in [0.717, 1.165) is 35.8 Å². The first-order valence-corrected chi connectivity index (χ1v) is 10.0. The molecule has 146 valence electrons. The van der Waals surface area contributed by atoms with E-state index in [-0.39, 0.29) is 0 Å². The molecular formula is C21H26N5OS+. The first-order chi connectivity index (χ1) is 13.6. The lowest BCUT2D eigenvalue weighted by Gasteiger charge is -2.19. The van der Waals surface area contributed by atoms with Crippen molar-refractivity contribution in [3.63, 3.8) is 0 Å². The molecule has 0 aliphatic heterocycles. The van der Waals surface area contributed by atoms with E-state index in [1.807, 2.05) is 16.8 Å². The van der Waals surface area contributed by atoms with Crippen LogP contribution in [0.25, 0.3) is 5.69 Å². The number of methoxy groups -OCH3 is 1. The molecule has 1 aromatic heterocycles. The molecule has 3 aromatic rings. The van der Waals surface area contributed by atoms with Crippen molar-refractivity contribution >= 4 is 12.2 Å². The monoisotopic (exact) mass is 396 g/mol. The summed E-state index contributed by atoms with van der Waals surface area (Å²) < 4.78 is 9.56. The standard InChI is InChI=1S/C21H25N5OS/c1-15-5-4-6-16(2)20(15)26-21(28)25(22-23-26)14-24(18-9-10-18)13-17-7-11-19(27-3)12-8-17/h4-8,11-12,18H,9-10,13-14H2,1-3H3/p+1. The highest BCUT2D eigenvalue weighted by Crippen LogP contribution is 2.19. The fourth-order valence-electron chi connectivity index (χ4n) is 3.67. The van der Waals surface area contributed by atoms with E-state index < -0.39 is 0 Å². The number of aromatic nitrogens is 4. The fourth-order valence-corrected chi connectivity index (χ4v) is 3.90. The number of tetrazole rings is 1. The third kappa shape index (κ3) is 3.86. The zero-order valence-electron chi connectivity index (χ0n) is 16.6. The zero-order valence-corrected chi connectivity index (χ0v) is 17.4. The number of quaternary nitrogens is 1. The van der Waals surface area contributed by atoms with Gasteiger partial charge >= 0.3 is 0 Å². The summed E-state index contributed by atoms with van der Waals surface area (Å²) in [5.74, 6) is 0.885. The Morgan fingerprint density at radius 3 is 2.36 bits per heavy atom. The normalized spacial score (nSPS) is 14.8. The molecular weight excluding hydrogens is 370 g/mol. The summed E-state index contributed by atoms with van der Waals surface area (Å²) in [5, 5.41) is 8.74. The number of hydrogen-bond acceptors (Lipinski definition) is 4. The van der Waals surface area contributed by atoms with Crippen LogP contribution in [-0.4, -0.2) is 32.9 Å². The molecule has 4 rings (SSSR count). The number of nitrogens with zero attached hydrogens (tertiary/aromatic N) is 4. The molecule has 1 unspecified atom stereocenters. The van der Waals surface area contributed by atoms with Crippen molar-refractivity contribution in [3.8, 4) is 11.4 Å². The van der Waals surface area contributed by atoms with Crippen LogP contribution in [-0.2, 0) is 13.2 Å². The van der Waals surface area contributed by atoms with Gasteiger partial charge in [0, 0.05) is 18.4 Å². The van der Waals surface area contributed by atoms with Crippen molar-refractivity contribution in [2.45, 2.75) is 45.9 Å². The predicted molar refractivity (Wildman–Crippen MR) is 110 cm³/mol. The van der Waals surface area contributed by atoms with Gasteiger partial charge in [-0.2, -0.15) is 9.36 Å². The van der Waals surface area contributed by atoms with Gasteiger partial charge in [-0.05, 0) is 71.9 Å². The Morgan fingerprint density at radius 1 is 1.07 bits per heavy atom. The summed E-state index contributed by atoms with van der Waals surface area (Å²) in [6.07, 6.45) is 2.51. The largest absolute Gasteiger partial charge is 0.497 e. The lowest BCUT2D eigenvalue weighted by atomic mass is 10.1. The van der Waals surface area contributed by atoms with Crippen LogP contribution in [0.4, 0.5) is 0 Å². The molecule has 0 spiro atoms. The predicted octanol–water partition coefficient (Wildman–Crippen LogP) is 2.63. The SMILES string of the molecule is COc1ccc(C[NH+](Cn2nnn(-c3c(C)cccc3C)c2=S)C2CC2)cc1. The van der Waals surface area contributed by atoms with Gasteiger partial charge in [-0.3, -0.25) is 0 Å². The van der Waals surface area contributed by atoms with Crippen LogP contribution in [0.15, 0.2) is 42.5 Å². The van der Waals surface area contributed by atoms with Crippen LogP contribution in [0, 0.1) is 18.6 Å². The number of rotatable bonds is 7. The number of para-hydroxylation sites is 1. The van der Waals surface area contributed by atoms with Crippen molar-refractivity contribution in [1.82, 2.24) is 19.8 Å². The summed E-state index contributed by atoms with van der Waals surface area (Å²) in [4.78, 5) is 1.47. The minimum absolute atomic E-state index is 0.644. The number of ether oxygens (including phenoxy) is 1. The topological polar surface area (TPSA) is 49.3 Å². The molecule has 1 aliphatic rings. The third-order valence-electron chi connectivity index (χ3n) is 5.39. The van der Waals surface area contributed by atoms with Gasteiger partial charge in [0.25, 0.3) is 0 Å². The van der Waals surface area contributed by atoms with Crippen LogP contribution < -0.4 is 9.64 Å². The van der Waals surface area contributed by atoms with Gasteiger partial charge in [0.15, 0.2) is 6.67 Å². The Morgan fingerprint density at radius 2 is 1.75 bits per heavy atom. The van der Waals surface area contributed by atoms with Crippen LogP contribution >= 0.6 is 12.2 Å². The minimum Gasteiger partial charge on any atom is -0.497 e. The molecule has 7 heteroatoms. The Kier molecular flexibility index (Phi) is 5.28. The minimum atomic E-state index is 0.644. The highest BCUT2D eigenvalue weighted by atomic mass is 32.1. The molecule has 1 fully saturated rings. The highest BCUT2D eigenvalue weighted by Gasteiger charge is 2.34. The lowest BCUT2D eigenvalue weighted by molar-refractivity contribution is -0.947. The Labute approximate surface area is 170 Å². The molecule has 0 amide bonds. The number of hydrogen-bond donors (Lipinski definition) is 1. The van der Waals surface area contributed by atoms with Gasteiger partial charge in [0.1, 0.15) is 12.3 Å². The molecule has 1 saturated carbocycles. The molecule has 6 nitrogen and oxygen atoms in total. The molecule has 1 aliphatic carbocycles. The number of nitrogens with one attached hydrogen (secondary N) is 1. The molecule has 1 atom stereocenters. The second-order valence-corrected chi connectivity index (χ2v) is 7.89. The summed E-state index contributed by atoms with van der Waals surface area (Å²) in [6, 6.07) is 15.2. The second-order valence-electron chi connectivity index (χ2n) is 7.53. The van der Waals surface area contributed by atoms with Gasteiger partial charge in [0.05, 0.1) is 18.8 Å². The molecule has 0 radical (unpaired) electrons. The van der Waals surface area contributed by atoms with Crippen molar-refractivity contribution in [3.05, 3.63) is 63.9 Å². The average molecular weight is 397 g/mol. The number of benzene rings is 2. The van der Waals surface area contributed by atoms with Gasteiger partial charge < -0.3 is 9.64 Å². The Balaban J connectivity index is 1.57. The second kappa shape index (κ2) is 7.85. The smallest absolute Gasteiger partial charge is 0.225 e. The van der Waals surface area contributed by atoms with Gasteiger partial charge in [-0.15, -0.1) is 0 Å². The van der Waals surface area contributed by atoms with Crippen LogP contribution in [0.3, 0.4) is 0 Å². The maximum absolute atomic E-state index is 5.72. The highest BCUT2D eigenvalue weighted by molar-refractivity contribution is 7.71. The van der Waals surface area contributed by atoms with E-state index in [9.17, 15) is 0 Å². The van der Waals surface area contributed by atoms with Crippen molar-refractivity contribution in [1.29, 1.82) is 0 Å². The van der Waals surface area contributed by atoms with Crippen molar-refractivity contribution < 1.29 is 9.64 Å². The Bertz CT molecular complexity index is 1000. The first kappa shape index (κ1) is 18.8. The third-order valence-corrected chi connectivity index (χ3v) is 5.77. The number of aryl methyl sites for hydroxylation is 2. The van der Waals surface area contributed by atoms with E-state index in [1.165, 1.54) is 23.3 Å². The first-order valence-electron chi connectivity index (χ1n) is 9.63. The van der Waals surface area contributed by atoms with Crippen LogP contribution in [0.2, 0.25) is 0 Å². The molecule has 0 saturated heterocycles. The zero-order chi connectivity index (χ0) is 19.7. The molecule has 1 N–H and O–H groups in total. The fraction of sp³-hybridized carbons (Fsp3) is 0.381. The van der Waals surface area contributed by atoms with E-state index in [4.69, 9.17) is 17.0 Å². The van der Waals surface area contributed by atoms with E-state index in [1.54, 1.807) is 11.8 Å².